The number of rotatable bonds is 4. The fraction of sp³-hybridized carbons (Fsp3) is 0.667. The van der Waals surface area contributed by atoms with Crippen molar-refractivity contribution in [2.75, 3.05) is 6.54 Å². The summed E-state index contributed by atoms with van der Waals surface area (Å²) in [6.07, 6.45) is 3.27. The number of Topliss-reactive ketones (excluding diaryl/α,β-unsaturated/α-hetero) is 1. The number of nitrogens with zero attached hydrogens (tertiary/aromatic N) is 2. The van der Waals surface area contributed by atoms with Crippen molar-refractivity contribution < 1.29 is 4.79 Å². The molecule has 0 atom stereocenters. The Kier molecular flexibility index (Phi) is 3.27. The van der Waals surface area contributed by atoms with Gasteiger partial charge in [0.05, 0.1) is 22.8 Å². The molecule has 1 aliphatic rings. The zero-order valence-electron chi connectivity index (χ0n) is 10.3. The number of carbonyl (C=O) groups is 1. The molecule has 0 bridgehead atoms. The number of carbonyl (C=O) groups excluding carboxylic acids is 1. The van der Waals surface area contributed by atoms with Crippen molar-refractivity contribution in [2.24, 2.45) is 18.2 Å². The predicted molar refractivity (Wildman–Crippen MR) is 67.0 cm³/mol. The predicted octanol–water partition coefficient (Wildman–Crippen LogP) is 1.62. The number of ketones is 1. The van der Waals surface area contributed by atoms with Gasteiger partial charge in [-0.2, -0.15) is 5.10 Å². The average Bonchev–Trinajstić information content (AvgIpc) is 2.44. The highest BCUT2D eigenvalue weighted by atomic mass is 35.5. The average molecular weight is 256 g/mol. The molecule has 0 saturated heterocycles. The molecule has 94 valence electrons. The Hall–Kier alpha value is -0.870. The molecule has 1 aromatic rings. The Morgan fingerprint density at radius 2 is 2.24 bits per heavy atom. The summed E-state index contributed by atoms with van der Waals surface area (Å²) in [5, 5.41) is 4.82. The lowest BCUT2D eigenvalue weighted by Crippen LogP contribution is -2.45. The van der Waals surface area contributed by atoms with E-state index in [1.54, 1.807) is 4.68 Å². The Labute approximate surface area is 106 Å². The van der Waals surface area contributed by atoms with Gasteiger partial charge < -0.3 is 5.73 Å². The number of aromatic nitrogens is 2. The van der Waals surface area contributed by atoms with E-state index in [1.807, 2.05) is 14.0 Å². The molecule has 4 nitrogen and oxygen atoms in total. The minimum absolute atomic E-state index is 0.205. The van der Waals surface area contributed by atoms with Gasteiger partial charge in [0, 0.05) is 19.0 Å². The van der Waals surface area contributed by atoms with Gasteiger partial charge in [0.1, 0.15) is 5.78 Å². The second-order valence-electron chi connectivity index (χ2n) is 4.91. The standard InChI is InChI=1S/C12H18ClN3O/c1-8-11(13)9(16(2)15-8)6-10(17)12(7-14)4-3-5-12/h3-7,14H2,1-2H3. The van der Waals surface area contributed by atoms with Crippen molar-refractivity contribution in [3.05, 3.63) is 16.4 Å². The number of nitrogens with two attached hydrogens (primary N) is 1. The second kappa shape index (κ2) is 4.42. The van der Waals surface area contributed by atoms with Gasteiger partial charge in [0.2, 0.25) is 0 Å². The summed E-state index contributed by atoms with van der Waals surface area (Å²) in [5.74, 6) is 0.205. The Bertz CT molecular complexity index is 443. The maximum absolute atomic E-state index is 12.3. The number of halogens is 1. The molecule has 1 aromatic heterocycles. The van der Waals surface area contributed by atoms with Crippen LogP contribution in [0.25, 0.3) is 0 Å². The van der Waals surface area contributed by atoms with E-state index in [0.717, 1.165) is 30.7 Å². The van der Waals surface area contributed by atoms with Crippen molar-refractivity contribution in [3.8, 4) is 0 Å². The lowest BCUT2D eigenvalue weighted by Gasteiger charge is -2.39. The zero-order chi connectivity index (χ0) is 12.6. The SMILES string of the molecule is Cc1nn(C)c(CC(=O)C2(CN)CCC2)c1Cl. The van der Waals surface area contributed by atoms with Crippen LogP contribution in [0.5, 0.6) is 0 Å². The van der Waals surface area contributed by atoms with Crippen LogP contribution in [-0.4, -0.2) is 22.1 Å². The van der Waals surface area contributed by atoms with Crippen molar-refractivity contribution in [2.45, 2.75) is 32.6 Å². The van der Waals surface area contributed by atoms with Gasteiger partial charge in [-0.3, -0.25) is 9.48 Å². The first-order valence-corrected chi connectivity index (χ1v) is 6.29. The summed E-state index contributed by atoms with van der Waals surface area (Å²) >= 11 is 6.15. The van der Waals surface area contributed by atoms with Crippen LogP contribution in [-0.2, 0) is 18.3 Å². The molecule has 0 radical (unpaired) electrons. The second-order valence-corrected chi connectivity index (χ2v) is 5.29. The first-order valence-electron chi connectivity index (χ1n) is 5.91. The third-order valence-electron chi connectivity index (χ3n) is 3.88. The summed E-state index contributed by atoms with van der Waals surface area (Å²) in [6, 6.07) is 0. The van der Waals surface area contributed by atoms with Gasteiger partial charge in [-0.25, -0.2) is 0 Å². The molecule has 0 spiro atoms. The van der Waals surface area contributed by atoms with Gasteiger partial charge in [0.25, 0.3) is 0 Å². The van der Waals surface area contributed by atoms with Crippen LogP contribution in [0, 0.1) is 12.3 Å². The highest BCUT2D eigenvalue weighted by molar-refractivity contribution is 6.32. The molecular formula is C12H18ClN3O. The molecular weight excluding hydrogens is 238 g/mol. The van der Waals surface area contributed by atoms with E-state index in [4.69, 9.17) is 17.3 Å². The van der Waals surface area contributed by atoms with Crippen LogP contribution in [0.1, 0.15) is 30.7 Å². The summed E-state index contributed by atoms with van der Waals surface area (Å²) in [7, 11) is 1.82. The summed E-state index contributed by atoms with van der Waals surface area (Å²) in [5.41, 5.74) is 7.01. The molecule has 2 rings (SSSR count). The summed E-state index contributed by atoms with van der Waals surface area (Å²) in [4.78, 5) is 12.3. The molecule has 0 aliphatic heterocycles. The van der Waals surface area contributed by atoms with E-state index >= 15 is 0 Å². The first-order chi connectivity index (χ1) is 8.00. The maximum Gasteiger partial charge on any atom is 0.146 e. The van der Waals surface area contributed by atoms with Crippen molar-refractivity contribution in [1.82, 2.24) is 9.78 Å². The highest BCUT2D eigenvalue weighted by Crippen LogP contribution is 2.41. The topological polar surface area (TPSA) is 60.9 Å². The lowest BCUT2D eigenvalue weighted by atomic mass is 9.65. The van der Waals surface area contributed by atoms with Crippen LogP contribution < -0.4 is 5.73 Å². The lowest BCUT2D eigenvalue weighted by molar-refractivity contribution is -0.132. The third kappa shape index (κ3) is 2.00. The van der Waals surface area contributed by atoms with Gasteiger partial charge in [-0.1, -0.05) is 18.0 Å². The first kappa shape index (κ1) is 12.6. The fourth-order valence-corrected chi connectivity index (χ4v) is 2.64. The summed E-state index contributed by atoms with van der Waals surface area (Å²) in [6.45, 7) is 2.29. The molecule has 17 heavy (non-hydrogen) atoms. The van der Waals surface area contributed by atoms with E-state index in [9.17, 15) is 4.79 Å². The van der Waals surface area contributed by atoms with E-state index in [2.05, 4.69) is 5.10 Å². The van der Waals surface area contributed by atoms with Gasteiger partial charge in [-0.05, 0) is 19.8 Å². The number of aryl methyl sites for hydroxylation is 2. The summed E-state index contributed by atoms with van der Waals surface area (Å²) < 4.78 is 1.69. The van der Waals surface area contributed by atoms with Crippen LogP contribution in [0.2, 0.25) is 5.02 Å². The van der Waals surface area contributed by atoms with Crippen molar-refractivity contribution in [1.29, 1.82) is 0 Å². The van der Waals surface area contributed by atoms with E-state index in [-0.39, 0.29) is 11.2 Å². The molecule has 0 amide bonds. The van der Waals surface area contributed by atoms with E-state index in [0.29, 0.717) is 18.0 Å². The van der Waals surface area contributed by atoms with Crippen LogP contribution >= 0.6 is 11.6 Å². The molecule has 1 fully saturated rings. The van der Waals surface area contributed by atoms with E-state index < -0.39 is 0 Å². The molecule has 1 heterocycles. The van der Waals surface area contributed by atoms with Crippen LogP contribution in [0.4, 0.5) is 0 Å². The van der Waals surface area contributed by atoms with Crippen LogP contribution in [0.3, 0.4) is 0 Å². The minimum Gasteiger partial charge on any atom is -0.329 e. The number of hydrogen-bond donors (Lipinski definition) is 1. The smallest absolute Gasteiger partial charge is 0.146 e. The van der Waals surface area contributed by atoms with Crippen molar-refractivity contribution >= 4 is 17.4 Å². The molecule has 0 unspecified atom stereocenters. The normalized spacial score (nSPS) is 17.9. The van der Waals surface area contributed by atoms with Gasteiger partial charge >= 0.3 is 0 Å². The van der Waals surface area contributed by atoms with E-state index in [1.165, 1.54) is 0 Å². The van der Waals surface area contributed by atoms with Gasteiger partial charge in [-0.15, -0.1) is 0 Å². The maximum atomic E-state index is 12.3. The molecule has 5 heteroatoms. The largest absolute Gasteiger partial charge is 0.329 e. The monoisotopic (exact) mass is 255 g/mol. The fourth-order valence-electron chi connectivity index (χ4n) is 2.41. The third-order valence-corrected chi connectivity index (χ3v) is 4.37. The molecule has 0 aromatic carbocycles. The van der Waals surface area contributed by atoms with Gasteiger partial charge in [0.15, 0.2) is 0 Å². The molecule has 1 aliphatic carbocycles. The van der Waals surface area contributed by atoms with Crippen LogP contribution in [0.15, 0.2) is 0 Å². The number of hydrogen-bond acceptors (Lipinski definition) is 3. The minimum atomic E-state index is -0.290. The van der Waals surface area contributed by atoms with Crippen molar-refractivity contribution in [3.63, 3.8) is 0 Å². The Morgan fingerprint density at radius 3 is 2.59 bits per heavy atom. The molecule has 1 saturated carbocycles. The quantitative estimate of drug-likeness (QED) is 0.890. The zero-order valence-corrected chi connectivity index (χ0v) is 11.0. The Morgan fingerprint density at radius 1 is 1.59 bits per heavy atom. The highest BCUT2D eigenvalue weighted by Gasteiger charge is 2.42. The Balaban J connectivity index is 2.18. The molecule has 2 N–H and O–H groups in total.